The Bertz CT molecular complexity index is 1560. The number of hydrogen-bond acceptors (Lipinski definition) is 7. The van der Waals surface area contributed by atoms with Gasteiger partial charge in [0.05, 0.1) is 33.8 Å². The molecule has 0 heterocycles. The number of rotatable bonds is 51. The molecule has 1 amide bonds. The van der Waals surface area contributed by atoms with Gasteiger partial charge in [0.25, 0.3) is 7.82 Å². The minimum Gasteiger partial charge on any atom is -0.756 e. The van der Waals surface area contributed by atoms with E-state index >= 15 is 0 Å². The lowest BCUT2D eigenvalue weighted by Crippen LogP contribution is -2.47. The lowest BCUT2D eigenvalue weighted by molar-refractivity contribution is -0.870. The Hall–Kier alpha value is -3.07. The molecular weight excluding hydrogens is 916 g/mol. The number of carbonyl (C=O) groups is 2. The second kappa shape index (κ2) is 51.4. The monoisotopic (exact) mass is 1020 g/mol. The maximum atomic E-state index is 13.5. The van der Waals surface area contributed by atoms with Gasteiger partial charge in [-0.15, -0.1) is 0 Å². The van der Waals surface area contributed by atoms with Gasteiger partial charge in [-0.05, 0) is 102 Å². The van der Waals surface area contributed by atoms with Crippen LogP contribution in [0.3, 0.4) is 0 Å². The van der Waals surface area contributed by atoms with Crippen molar-refractivity contribution in [2.75, 3.05) is 40.9 Å². The van der Waals surface area contributed by atoms with Gasteiger partial charge in [0.1, 0.15) is 19.3 Å². The number of esters is 1. The van der Waals surface area contributed by atoms with E-state index in [2.05, 4.69) is 111 Å². The number of phosphoric ester groups is 1. The van der Waals surface area contributed by atoms with Crippen molar-refractivity contribution in [2.24, 2.45) is 0 Å². The van der Waals surface area contributed by atoms with Crippen molar-refractivity contribution in [2.45, 2.75) is 245 Å². The van der Waals surface area contributed by atoms with E-state index in [0.717, 1.165) is 109 Å². The fourth-order valence-corrected chi connectivity index (χ4v) is 8.54. The normalized spacial score (nSPS) is 14.5. The van der Waals surface area contributed by atoms with Crippen LogP contribution in [0.25, 0.3) is 0 Å². The zero-order valence-corrected chi connectivity index (χ0v) is 48.0. The lowest BCUT2D eigenvalue weighted by Gasteiger charge is -2.30. The molecule has 0 radical (unpaired) electrons. The first kappa shape index (κ1) is 68.9. The molecule has 3 atom stereocenters. The van der Waals surface area contributed by atoms with Crippen LogP contribution in [0.1, 0.15) is 233 Å². The number of amides is 1. The summed E-state index contributed by atoms with van der Waals surface area (Å²) in [5.74, 6) is -0.594. The zero-order chi connectivity index (χ0) is 52.9. The maximum Gasteiger partial charge on any atom is 0.306 e. The first-order chi connectivity index (χ1) is 34.9. The van der Waals surface area contributed by atoms with Gasteiger partial charge in [0, 0.05) is 12.8 Å². The SMILES string of the molecule is CC/C=C\C/C=C\C/C=C\C/C=C\C/C=C\CCCCCC(=O)NC(COP(=O)([O-])OCC[N+](C)(C)C)C(/C=C\CCCCCCCCCCCCC)OC(=O)CCCCCCCCC/C=C/C/C=C/CC. The number of allylic oxidation sites excluding steroid dienone is 15. The highest BCUT2D eigenvalue weighted by Gasteiger charge is 2.27. The Morgan fingerprint density at radius 1 is 0.500 bits per heavy atom. The summed E-state index contributed by atoms with van der Waals surface area (Å²) in [6.45, 7) is 6.58. The van der Waals surface area contributed by atoms with Crippen LogP contribution >= 0.6 is 7.82 Å². The summed E-state index contributed by atoms with van der Waals surface area (Å²) < 4.78 is 30.2. The van der Waals surface area contributed by atoms with Gasteiger partial charge in [-0.1, -0.05) is 215 Å². The van der Waals surface area contributed by atoms with E-state index in [4.69, 9.17) is 13.8 Å². The fourth-order valence-electron chi connectivity index (χ4n) is 7.82. The molecule has 0 saturated carbocycles. The van der Waals surface area contributed by atoms with Crippen LogP contribution in [0.4, 0.5) is 0 Å². The Morgan fingerprint density at radius 2 is 0.889 bits per heavy atom. The molecule has 9 nitrogen and oxygen atoms in total. The van der Waals surface area contributed by atoms with Crippen LogP contribution < -0.4 is 10.2 Å². The Morgan fingerprint density at radius 3 is 1.35 bits per heavy atom. The molecule has 0 bridgehead atoms. The minimum absolute atomic E-state index is 0.0350. The molecule has 0 aliphatic carbocycles. The van der Waals surface area contributed by atoms with Crippen molar-refractivity contribution in [3.05, 3.63) is 97.2 Å². The van der Waals surface area contributed by atoms with Gasteiger partial charge in [-0.25, -0.2) is 0 Å². The zero-order valence-electron chi connectivity index (χ0n) is 47.1. The minimum atomic E-state index is -4.71. The van der Waals surface area contributed by atoms with Crippen LogP contribution in [-0.2, 0) is 27.9 Å². The average molecular weight is 1030 g/mol. The summed E-state index contributed by atoms with van der Waals surface area (Å²) in [5, 5.41) is 3.00. The van der Waals surface area contributed by atoms with Crippen molar-refractivity contribution in [1.82, 2.24) is 5.32 Å². The Kier molecular flexibility index (Phi) is 49.2. The first-order valence-electron chi connectivity index (χ1n) is 29.0. The number of likely N-dealkylation sites (N-methyl/N-ethyl adjacent to an activating group) is 1. The van der Waals surface area contributed by atoms with E-state index in [-0.39, 0.29) is 31.3 Å². The van der Waals surface area contributed by atoms with E-state index < -0.39 is 26.6 Å². The Labute approximate surface area is 443 Å². The average Bonchev–Trinajstić information content (AvgIpc) is 3.34. The topological polar surface area (TPSA) is 114 Å². The predicted octanol–water partition coefficient (Wildman–Crippen LogP) is 17.0. The Balaban J connectivity index is 5.43. The van der Waals surface area contributed by atoms with Crippen molar-refractivity contribution >= 4 is 19.7 Å². The van der Waals surface area contributed by atoms with Crippen LogP contribution in [-0.4, -0.2) is 69.4 Å². The third-order valence-electron chi connectivity index (χ3n) is 12.3. The van der Waals surface area contributed by atoms with Gasteiger partial charge >= 0.3 is 5.97 Å². The predicted molar refractivity (Wildman–Crippen MR) is 307 cm³/mol. The summed E-state index contributed by atoms with van der Waals surface area (Å²) in [6.07, 6.45) is 68.0. The van der Waals surface area contributed by atoms with Crippen LogP contribution in [0.15, 0.2) is 97.2 Å². The largest absolute Gasteiger partial charge is 0.756 e. The van der Waals surface area contributed by atoms with E-state index in [0.29, 0.717) is 23.9 Å². The summed E-state index contributed by atoms with van der Waals surface area (Å²) >= 11 is 0. The standard InChI is InChI=1S/C62H109N2O7P/c1-7-10-13-16-19-22-25-28-30-31-32-33-34-36-39-42-45-48-51-54-61(65)63-59(58-70-72(67,68)69-57-56-64(4,5)6)60(53-50-47-44-41-38-35-27-24-21-18-15-12-9-3)71-62(66)55-52-49-46-43-40-37-29-26-23-20-17-14-11-8-2/h10-11,13-14,19-20,22-23,28,30,32-33,36,39,50,53,59-60H,7-9,12,15-18,21,24-27,29,31,34-35,37-38,40-49,51-52,54-58H2,1-6H3,(H-,63,65,67,68)/b13-10-,14-11+,22-19-,23-20+,30-28-,33-32-,39-36-,53-50-. The highest BCUT2D eigenvalue weighted by Crippen LogP contribution is 2.38. The van der Waals surface area contributed by atoms with E-state index in [9.17, 15) is 19.0 Å². The second-order valence-corrected chi connectivity index (χ2v) is 21.8. The van der Waals surface area contributed by atoms with Gasteiger partial charge in [-0.2, -0.15) is 0 Å². The summed E-state index contributed by atoms with van der Waals surface area (Å²) in [4.78, 5) is 39.9. The van der Waals surface area contributed by atoms with E-state index in [1.165, 1.54) is 77.0 Å². The summed E-state index contributed by atoms with van der Waals surface area (Å²) in [6, 6.07) is -0.914. The van der Waals surface area contributed by atoms with Gasteiger partial charge < -0.3 is 28.5 Å². The first-order valence-corrected chi connectivity index (χ1v) is 30.5. The van der Waals surface area contributed by atoms with Gasteiger partial charge in [0.15, 0.2) is 0 Å². The molecule has 1 N–H and O–H groups in total. The quantitative estimate of drug-likeness (QED) is 0.0212. The summed E-state index contributed by atoms with van der Waals surface area (Å²) in [7, 11) is 1.14. The van der Waals surface area contributed by atoms with Crippen molar-refractivity contribution in [3.63, 3.8) is 0 Å². The number of quaternary nitrogens is 1. The number of phosphoric acid groups is 1. The van der Waals surface area contributed by atoms with E-state index in [1.807, 2.05) is 33.3 Å². The molecule has 0 fully saturated rings. The number of nitrogens with zero attached hydrogens (tertiary/aromatic N) is 1. The molecular formula is C62H109N2O7P. The van der Waals surface area contributed by atoms with Gasteiger partial charge in [0.2, 0.25) is 5.91 Å². The molecule has 0 aromatic heterocycles. The summed E-state index contributed by atoms with van der Waals surface area (Å²) in [5.41, 5.74) is 0. The van der Waals surface area contributed by atoms with Crippen LogP contribution in [0.2, 0.25) is 0 Å². The maximum absolute atomic E-state index is 13.5. The number of ether oxygens (including phenoxy) is 1. The molecule has 0 aromatic rings. The number of carbonyl (C=O) groups excluding carboxylic acids is 2. The number of nitrogens with one attached hydrogen (secondary N) is 1. The second-order valence-electron chi connectivity index (χ2n) is 20.4. The molecule has 0 aliphatic heterocycles. The third-order valence-corrected chi connectivity index (χ3v) is 13.2. The highest BCUT2D eigenvalue weighted by atomic mass is 31.2. The lowest BCUT2D eigenvalue weighted by atomic mass is 10.0. The molecule has 0 spiro atoms. The molecule has 414 valence electrons. The smallest absolute Gasteiger partial charge is 0.306 e. The fraction of sp³-hybridized carbons (Fsp3) is 0.710. The van der Waals surface area contributed by atoms with Crippen LogP contribution in [0, 0.1) is 0 Å². The van der Waals surface area contributed by atoms with Crippen LogP contribution in [0.5, 0.6) is 0 Å². The highest BCUT2D eigenvalue weighted by molar-refractivity contribution is 7.45. The van der Waals surface area contributed by atoms with E-state index in [1.54, 1.807) is 0 Å². The molecule has 0 rings (SSSR count). The van der Waals surface area contributed by atoms with Gasteiger partial charge in [-0.3, -0.25) is 14.2 Å². The molecule has 0 aromatic carbocycles. The number of hydrogen-bond donors (Lipinski definition) is 1. The third kappa shape index (κ3) is 51.8. The molecule has 0 saturated heterocycles. The number of unbranched alkanes of at least 4 members (excludes halogenated alkanes) is 21. The molecule has 3 unspecified atom stereocenters. The van der Waals surface area contributed by atoms with Crippen molar-refractivity contribution in [3.8, 4) is 0 Å². The molecule has 10 heteroatoms. The van der Waals surface area contributed by atoms with Crippen molar-refractivity contribution in [1.29, 1.82) is 0 Å². The molecule has 0 aliphatic rings. The van der Waals surface area contributed by atoms with Crippen molar-refractivity contribution < 1.29 is 37.3 Å². The molecule has 72 heavy (non-hydrogen) atoms.